The minimum atomic E-state index is -5.00. The maximum absolute atomic E-state index is 13.1. The van der Waals surface area contributed by atoms with E-state index >= 15 is 0 Å². The van der Waals surface area contributed by atoms with Crippen molar-refractivity contribution in [3.05, 3.63) is 134 Å². The number of ether oxygens (including phenoxy) is 4. The first kappa shape index (κ1) is 95.2. The van der Waals surface area contributed by atoms with Crippen LogP contribution < -0.4 is 0 Å². The Balaban J connectivity index is 5.41. The molecule has 19 heteroatoms. The topological polar surface area (TPSA) is 237 Å². The van der Waals surface area contributed by atoms with Gasteiger partial charge in [0.1, 0.15) is 19.3 Å². The minimum Gasteiger partial charge on any atom is -0.462 e. The third-order valence-corrected chi connectivity index (χ3v) is 17.5. The molecule has 0 aromatic heterocycles. The first-order chi connectivity index (χ1) is 48.7. The van der Waals surface area contributed by atoms with Gasteiger partial charge in [0.25, 0.3) is 0 Å². The first-order valence-corrected chi connectivity index (χ1v) is 41.4. The predicted molar refractivity (Wildman–Crippen MR) is 408 cm³/mol. The van der Waals surface area contributed by atoms with Crippen molar-refractivity contribution in [2.24, 2.45) is 0 Å². The van der Waals surface area contributed by atoms with E-state index in [9.17, 15) is 43.2 Å². The molecule has 17 nitrogen and oxygen atoms in total. The van der Waals surface area contributed by atoms with E-state index in [1.54, 1.807) is 0 Å². The van der Waals surface area contributed by atoms with Crippen LogP contribution in [0, 0.1) is 0 Å². The number of rotatable bonds is 71. The van der Waals surface area contributed by atoms with Gasteiger partial charge in [0.15, 0.2) is 12.2 Å². The summed E-state index contributed by atoms with van der Waals surface area (Å²) in [4.78, 5) is 72.8. The van der Waals surface area contributed by atoms with Crippen molar-refractivity contribution in [1.82, 2.24) is 0 Å². The molecule has 0 aliphatic heterocycles. The third-order valence-electron chi connectivity index (χ3n) is 15.6. The Kier molecular flexibility index (Phi) is 69.1. The zero-order valence-electron chi connectivity index (χ0n) is 62.3. The Morgan fingerprint density at radius 3 is 0.880 bits per heavy atom. The van der Waals surface area contributed by atoms with E-state index in [2.05, 4.69) is 149 Å². The second kappa shape index (κ2) is 72.5. The fraction of sp³-hybridized carbons (Fsp3) is 0.679. The molecule has 0 rings (SSSR count). The number of carbonyl (C=O) groups is 4. The fourth-order valence-corrected chi connectivity index (χ4v) is 11.3. The number of aliphatic hydroxyl groups is 1. The van der Waals surface area contributed by atoms with E-state index < -0.39 is 97.5 Å². The van der Waals surface area contributed by atoms with Crippen LogP contribution in [0.4, 0.5) is 0 Å². The van der Waals surface area contributed by atoms with E-state index in [1.807, 2.05) is 12.2 Å². The van der Waals surface area contributed by atoms with E-state index in [0.717, 1.165) is 173 Å². The highest BCUT2D eigenvalue weighted by atomic mass is 31.2. The molecule has 0 heterocycles. The summed E-state index contributed by atoms with van der Waals surface area (Å²) in [6, 6.07) is 0. The summed E-state index contributed by atoms with van der Waals surface area (Å²) in [6.07, 6.45) is 80.3. The number of hydrogen-bond donors (Lipinski definition) is 3. The van der Waals surface area contributed by atoms with Crippen molar-refractivity contribution >= 4 is 39.5 Å². The van der Waals surface area contributed by atoms with Gasteiger partial charge in [-0.3, -0.25) is 37.3 Å². The maximum atomic E-state index is 13.1. The van der Waals surface area contributed by atoms with Crippen LogP contribution in [0.3, 0.4) is 0 Å². The Hall–Kier alpha value is -4.80. The molecule has 0 bridgehead atoms. The highest BCUT2D eigenvalue weighted by Crippen LogP contribution is 2.45. The molecular weight excluding hydrogens is 1310 g/mol. The molecule has 572 valence electrons. The van der Waals surface area contributed by atoms with Crippen LogP contribution in [0.15, 0.2) is 134 Å². The van der Waals surface area contributed by atoms with Crippen LogP contribution >= 0.6 is 15.6 Å². The predicted octanol–water partition coefficient (Wildman–Crippen LogP) is 22.1. The lowest BCUT2D eigenvalue weighted by Gasteiger charge is -2.21. The number of esters is 4. The quantitative estimate of drug-likeness (QED) is 0.0169. The normalized spacial score (nSPS) is 14.7. The van der Waals surface area contributed by atoms with Gasteiger partial charge in [0.2, 0.25) is 0 Å². The van der Waals surface area contributed by atoms with Crippen LogP contribution in [0.1, 0.15) is 297 Å². The van der Waals surface area contributed by atoms with Crippen molar-refractivity contribution in [3.8, 4) is 0 Å². The molecule has 0 aliphatic carbocycles. The molecule has 0 aromatic rings. The summed E-state index contributed by atoms with van der Waals surface area (Å²) in [5.74, 6) is -2.28. The van der Waals surface area contributed by atoms with E-state index in [-0.39, 0.29) is 25.7 Å². The van der Waals surface area contributed by atoms with Gasteiger partial charge in [-0.05, 0) is 148 Å². The number of unbranched alkanes of at least 4 members (excludes halogenated alkanes) is 23. The molecule has 0 amide bonds. The van der Waals surface area contributed by atoms with Crippen molar-refractivity contribution in [3.63, 3.8) is 0 Å². The number of aliphatic hydroxyl groups excluding tert-OH is 1. The minimum absolute atomic E-state index is 0.00956. The van der Waals surface area contributed by atoms with Crippen LogP contribution in [-0.4, -0.2) is 96.7 Å². The Bertz CT molecular complexity index is 2420. The van der Waals surface area contributed by atoms with Gasteiger partial charge in [-0.1, -0.05) is 258 Å². The summed E-state index contributed by atoms with van der Waals surface area (Å²) >= 11 is 0. The van der Waals surface area contributed by atoms with Crippen LogP contribution in [0.25, 0.3) is 0 Å². The summed E-state index contributed by atoms with van der Waals surface area (Å²) < 4.78 is 68.4. The Morgan fingerprint density at radius 2 is 0.540 bits per heavy atom. The molecule has 0 radical (unpaired) electrons. The lowest BCUT2D eigenvalue weighted by Crippen LogP contribution is -2.30. The second-order valence-electron chi connectivity index (χ2n) is 25.2. The van der Waals surface area contributed by atoms with Gasteiger partial charge in [-0.25, -0.2) is 9.13 Å². The van der Waals surface area contributed by atoms with Gasteiger partial charge in [0, 0.05) is 25.7 Å². The summed E-state index contributed by atoms with van der Waals surface area (Å²) in [5.41, 5.74) is 0. The van der Waals surface area contributed by atoms with Crippen molar-refractivity contribution in [1.29, 1.82) is 0 Å². The lowest BCUT2D eigenvalue weighted by atomic mass is 10.1. The molecule has 0 saturated heterocycles. The van der Waals surface area contributed by atoms with Crippen molar-refractivity contribution < 1.29 is 80.2 Å². The molecule has 0 spiro atoms. The average molecular weight is 1440 g/mol. The van der Waals surface area contributed by atoms with E-state index in [0.29, 0.717) is 32.1 Å². The molecule has 5 atom stereocenters. The molecular formula is C81H136O17P2. The van der Waals surface area contributed by atoms with Crippen molar-refractivity contribution in [2.75, 3.05) is 39.6 Å². The van der Waals surface area contributed by atoms with Crippen LogP contribution in [0.2, 0.25) is 0 Å². The highest BCUT2D eigenvalue weighted by Gasteiger charge is 2.30. The number of phosphoric acid groups is 2. The molecule has 5 unspecified atom stereocenters. The third kappa shape index (κ3) is 71.6. The highest BCUT2D eigenvalue weighted by molar-refractivity contribution is 7.47. The average Bonchev–Trinajstić information content (AvgIpc) is 1.05. The smallest absolute Gasteiger partial charge is 0.462 e. The van der Waals surface area contributed by atoms with Gasteiger partial charge < -0.3 is 33.8 Å². The summed E-state index contributed by atoms with van der Waals surface area (Å²) in [6.45, 7) is 4.48. The summed E-state index contributed by atoms with van der Waals surface area (Å²) in [7, 11) is -9.98. The van der Waals surface area contributed by atoms with Gasteiger partial charge >= 0.3 is 39.5 Å². The number of allylic oxidation sites excluding steroid dienone is 22. The zero-order chi connectivity index (χ0) is 73.2. The van der Waals surface area contributed by atoms with Gasteiger partial charge in [-0.15, -0.1) is 0 Å². The van der Waals surface area contributed by atoms with E-state index in [1.165, 1.54) is 38.5 Å². The Morgan fingerprint density at radius 1 is 0.290 bits per heavy atom. The first-order valence-electron chi connectivity index (χ1n) is 38.4. The van der Waals surface area contributed by atoms with Gasteiger partial charge in [0.05, 0.1) is 26.4 Å². The SMILES string of the molecule is CC/C=C\C/C=C\C/C=C\C/C=C\C/C=C\CCCC(=O)OC(COC(=O)CCCCCCCC/C=C\C/C=C\C/C=C\C/C=C\CC)COP(=O)(O)OCC(O)COP(=O)(O)OCC(COC(=O)CCCCCCC/C=C\CCCCCC)OC(=O)CCCCCCC/C=C\CCCC. The molecule has 100 heavy (non-hydrogen) atoms. The zero-order valence-corrected chi connectivity index (χ0v) is 64.1. The number of phosphoric ester groups is 2. The number of carbonyl (C=O) groups excluding carboxylic acids is 4. The van der Waals surface area contributed by atoms with Crippen LogP contribution in [0.5, 0.6) is 0 Å². The maximum Gasteiger partial charge on any atom is 0.472 e. The lowest BCUT2D eigenvalue weighted by molar-refractivity contribution is -0.161. The molecule has 0 fully saturated rings. The number of hydrogen-bond acceptors (Lipinski definition) is 15. The molecule has 0 saturated carbocycles. The standard InChI is InChI=1S/C81H136O17P2/c1-5-9-13-17-21-25-29-32-34-36-37-39-40-43-47-50-54-58-62-66-79(84)92-72-77(98-81(86)68-64-60-56-52-48-44-41-38-35-33-30-26-22-18-14-10-6-2)74-96-100(89,90)94-70-75(82)69-93-99(87,88)95-73-76(97-80(85)67-63-59-55-51-45-28-24-20-16-12-8-4)71-91-78(83)65-61-57-53-49-46-42-31-27-23-19-15-11-7-3/h9-10,13-14,20-22,24-27,31-35,37,39,41,44,52,56,75-77,82H,5-8,11-12,15-19,23,28-30,36,38,40,42-43,45-51,53-55,57-74H2,1-4H3,(H,87,88)(H,89,90)/b13-9-,14-10-,24-20-,25-21-,26-22-,31-27-,34-32-,35-33-,39-37-,44-41-,56-52-. The van der Waals surface area contributed by atoms with Crippen LogP contribution in [-0.2, 0) is 65.4 Å². The Labute approximate surface area is 605 Å². The summed E-state index contributed by atoms with van der Waals surface area (Å²) in [5, 5.41) is 10.6. The van der Waals surface area contributed by atoms with Gasteiger partial charge in [-0.2, -0.15) is 0 Å². The fourth-order valence-electron chi connectivity index (χ4n) is 9.75. The second-order valence-corrected chi connectivity index (χ2v) is 28.1. The monoisotopic (exact) mass is 1440 g/mol. The largest absolute Gasteiger partial charge is 0.472 e. The molecule has 0 aromatic carbocycles. The van der Waals surface area contributed by atoms with Crippen molar-refractivity contribution in [2.45, 2.75) is 316 Å². The molecule has 3 N–H and O–H groups in total. The van der Waals surface area contributed by atoms with E-state index in [4.69, 9.17) is 37.0 Å². The molecule has 0 aliphatic rings.